The highest BCUT2D eigenvalue weighted by Crippen LogP contribution is 2.49. The van der Waals surface area contributed by atoms with Crippen LogP contribution in [0.2, 0.25) is 5.02 Å². The molecule has 0 radical (unpaired) electrons. The van der Waals surface area contributed by atoms with Crippen molar-refractivity contribution in [2.75, 3.05) is 4.90 Å². The number of anilines is 2. The normalized spacial score (nSPS) is 12.7. The van der Waals surface area contributed by atoms with Crippen molar-refractivity contribution in [2.45, 2.75) is 29.1 Å². The van der Waals surface area contributed by atoms with E-state index >= 15 is 0 Å². The predicted octanol–water partition coefficient (Wildman–Crippen LogP) is 6.37. The summed E-state index contributed by atoms with van der Waals surface area (Å²) < 4.78 is 0. The second-order valence-electron chi connectivity index (χ2n) is 6.97. The number of benzene rings is 3. The Labute approximate surface area is 177 Å². The Kier molecular flexibility index (Phi) is 4.78. The zero-order chi connectivity index (χ0) is 19.8. The van der Waals surface area contributed by atoms with E-state index in [1.54, 1.807) is 11.8 Å². The van der Waals surface area contributed by atoms with Crippen LogP contribution in [0.1, 0.15) is 18.7 Å². The molecule has 29 heavy (non-hydrogen) atoms. The van der Waals surface area contributed by atoms with Gasteiger partial charge in [-0.25, -0.2) is 4.98 Å². The van der Waals surface area contributed by atoms with Crippen molar-refractivity contribution in [3.8, 4) is 0 Å². The molecule has 144 valence electrons. The molecule has 3 aromatic carbocycles. The molecule has 0 saturated carbocycles. The molecule has 1 amide bonds. The summed E-state index contributed by atoms with van der Waals surface area (Å²) in [5.74, 6) is 0.981. The number of hydrogen-bond donors (Lipinski definition) is 1. The second-order valence-corrected chi connectivity index (χ2v) is 8.49. The summed E-state index contributed by atoms with van der Waals surface area (Å²) in [6.45, 7) is 0. The fourth-order valence-electron chi connectivity index (χ4n) is 3.64. The van der Waals surface area contributed by atoms with Gasteiger partial charge in [-0.15, -0.1) is 0 Å². The zero-order valence-electron chi connectivity index (χ0n) is 15.6. The molecule has 0 bridgehead atoms. The minimum absolute atomic E-state index is 0.0670. The number of carbonyl (C=O) groups is 1. The molecule has 1 aliphatic heterocycles. The zero-order valence-corrected chi connectivity index (χ0v) is 17.1. The molecule has 0 saturated heterocycles. The summed E-state index contributed by atoms with van der Waals surface area (Å²) >= 11 is 7.91. The Morgan fingerprint density at radius 1 is 1.00 bits per heavy atom. The van der Waals surface area contributed by atoms with E-state index in [0.717, 1.165) is 50.9 Å². The number of H-pyrrole nitrogens is 1. The topological polar surface area (TPSA) is 49.0 Å². The summed E-state index contributed by atoms with van der Waals surface area (Å²) in [6.07, 6.45) is 1.88. The van der Waals surface area contributed by atoms with Gasteiger partial charge in [0.15, 0.2) is 0 Å². The highest BCUT2D eigenvalue weighted by Gasteiger charge is 2.28. The van der Waals surface area contributed by atoms with E-state index in [9.17, 15) is 4.79 Å². The van der Waals surface area contributed by atoms with Gasteiger partial charge in [0.2, 0.25) is 5.91 Å². The molecular formula is C23H18ClN3OS. The van der Waals surface area contributed by atoms with Crippen LogP contribution in [-0.2, 0) is 11.2 Å². The van der Waals surface area contributed by atoms with Crippen LogP contribution < -0.4 is 4.90 Å². The van der Waals surface area contributed by atoms with Gasteiger partial charge < -0.3 is 4.98 Å². The Morgan fingerprint density at radius 2 is 1.79 bits per heavy atom. The lowest BCUT2D eigenvalue weighted by Gasteiger charge is -2.31. The number of amides is 1. The van der Waals surface area contributed by atoms with Crippen molar-refractivity contribution in [1.82, 2.24) is 9.97 Å². The van der Waals surface area contributed by atoms with Crippen molar-refractivity contribution in [2.24, 2.45) is 0 Å². The predicted molar refractivity (Wildman–Crippen MR) is 118 cm³/mol. The molecule has 1 aliphatic rings. The minimum Gasteiger partial charge on any atom is -0.342 e. The molecule has 5 rings (SSSR count). The van der Waals surface area contributed by atoms with E-state index in [-0.39, 0.29) is 5.91 Å². The number of aryl methyl sites for hydroxylation is 1. The van der Waals surface area contributed by atoms with Crippen LogP contribution in [0.3, 0.4) is 0 Å². The Balaban J connectivity index is 1.37. The van der Waals surface area contributed by atoms with Crippen molar-refractivity contribution in [3.63, 3.8) is 0 Å². The highest BCUT2D eigenvalue weighted by atomic mass is 35.5. The van der Waals surface area contributed by atoms with Crippen LogP contribution >= 0.6 is 23.4 Å². The van der Waals surface area contributed by atoms with Crippen LogP contribution in [0, 0.1) is 0 Å². The Hall–Kier alpha value is -2.76. The summed E-state index contributed by atoms with van der Waals surface area (Å²) in [6, 6.07) is 21.7. The van der Waals surface area contributed by atoms with Crippen molar-refractivity contribution >= 4 is 51.7 Å². The van der Waals surface area contributed by atoms with Gasteiger partial charge in [0, 0.05) is 27.7 Å². The summed E-state index contributed by atoms with van der Waals surface area (Å²) in [4.78, 5) is 25.1. The SMILES string of the molecule is O=C(CCCc1nc2ccccc2[nH]1)N1c2ccccc2Sc2ccc(Cl)cc21. The van der Waals surface area contributed by atoms with Crippen molar-refractivity contribution in [3.05, 3.63) is 77.6 Å². The Morgan fingerprint density at radius 3 is 2.69 bits per heavy atom. The number of halogens is 1. The first-order valence-corrected chi connectivity index (χ1v) is 10.7. The lowest BCUT2D eigenvalue weighted by Crippen LogP contribution is -2.28. The third-order valence-corrected chi connectivity index (χ3v) is 6.35. The number of aromatic amines is 1. The quantitative estimate of drug-likeness (QED) is 0.418. The van der Waals surface area contributed by atoms with Gasteiger partial charge in [0.25, 0.3) is 0 Å². The number of rotatable bonds is 4. The van der Waals surface area contributed by atoms with Gasteiger partial charge in [-0.2, -0.15) is 0 Å². The standard InChI is InChI=1S/C23H18ClN3OS/c24-15-12-13-21-19(14-15)27(18-8-3-4-9-20(18)29-21)23(28)11-5-10-22-25-16-6-1-2-7-17(16)26-22/h1-4,6-9,12-14H,5,10-11H2,(H,25,26). The molecule has 1 aromatic heterocycles. The van der Waals surface area contributed by atoms with Crippen LogP contribution in [0.4, 0.5) is 11.4 Å². The van der Waals surface area contributed by atoms with Gasteiger partial charge in [0.1, 0.15) is 5.82 Å². The first kappa shape index (κ1) is 18.3. The lowest BCUT2D eigenvalue weighted by molar-refractivity contribution is -0.118. The number of imidazole rings is 1. The molecule has 0 aliphatic carbocycles. The number of para-hydroxylation sites is 3. The van der Waals surface area contributed by atoms with Crippen molar-refractivity contribution in [1.29, 1.82) is 0 Å². The largest absolute Gasteiger partial charge is 0.342 e. The van der Waals surface area contributed by atoms with Gasteiger partial charge in [-0.1, -0.05) is 47.6 Å². The Bertz CT molecular complexity index is 1190. The third kappa shape index (κ3) is 3.52. The van der Waals surface area contributed by atoms with E-state index < -0.39 is 0 Å². The maximum absolute atomic E-state index is 13.2. The smallest absolute Gasteiger partial charge is 0.231 e. The van der Waals surface area contributed by atoms with Gasteiger partial charge in [-0.3, -0.25) is 9.69 Å². The molecular weight excluding hydrogens is 402 g/mol. The molecule has 1 N–H and O–H groups in total. The van der Waals surface area contributed by atoms with E-state index in [2.05, 4.69) is 9.97 Å². The second kappa shape index (κ2) is 7.58. The molecule has 4 aromatic rings. The lowest BCUT2D eigenvalue weighted by atomic mass is 10.1. The van der Waals surface area contributed by atoms with Gasteiger partial charge in [-0.05, 0) is 48.9 Å². The molecule has 0 fully saturated rings. The molecule has 0 unspecified atom stereocenters. The fourth-order valence-corrected chi connectivity index (χ4v) is 4.84. The first-order chi connectivity index (χ1) is 14.2. The molecule has 0 atom stereocenters. The van der Waals surface area contributed by atoms with Crippen LogP contribution in [0.25, 0.3) is 11.0 Å². The van der Waals surface area contributed by atoms with E-state index in [1.807, 2.05) is 71.6 Å². The number of nitrogens with zero attached hydrogens (tertiary/aromatic N) is 2. The summed E-state index contributed by atoms with van der Waals surface area (Å²) in [5.41, 5.74) is 3.76. The van der Waals surface area contributed by atoms with E-state index in [0.29, 0.717) is 11.4 Å². The summed E-state index contributed by atoms with van der Waals surface area (Å²) in [7, 11) is 0. The maximum atomic E-state index is 13.2. The van der Waals surface area contributed by atoms with Gasteiger partial charge in [0.05, 0.1) is 22.4 Å². The average Bonchev–Trinajstić information content (AvgIpc) is 3.14. The van der Waals surface area contributed by atoms with Crippen LogP contribution in [0.15, 0.2) is 76.5 Å². The minimum atomic E-state index is 0.0670. The number of carbonyl (C=O) groups excluding carboxylic acids is 1. The highest BCUT2D eigenvalue weighted by molar-refractivity contribution is 7.99. The summed E-state index contributed by atoms with van der Waals surface area (Å²) in [5, 5.41) is 0.629. The molecule has 4 nitrogen and oxygen atoms in total. The fraction of sp³-hybridized carbons (Fsp3) is 0.130. The number of hydrogen-bond acceptors (Lipinski definition) is 3. The van der Waals surface area contributed by atoms with Crippen LogP contribution in [-0.4, -0.2) is 15.9 Å². The molecule has 6 heteroatoms. The number of fused-ring (bicyclic) bond motifs is 3. The van der Waals surface area contributed by atoms with Crippen molar-refractivity contribution < 1.29 is 4.79 Å². The van der Waals surface area contributed by atoms with Gasteiger partial charge >= 0.3 is 0 Å². The van der Waals surface area contributed by atoms with Crippen LogP contribution in [0.5, 0.6) is 0 Å². The molecule has 2 heterocycles. The molecule has 0 spiro atoms. The number of nitrogens with one attached hydrogen (secondary N) is 1. The first-order valence-electron chi connectivity index (χ1n) is 9.52. The van der Waals surface area contributed by atoms with E-state index in [1.165, 1.54) is 0 Å². The maximum Gasteiger partial charge on any atom is 0.231 e. The third-order valence-electron chi connectivity index (χ3n) is 4.98. The average molecular weight is 420 g/mol. The monoisotopic (exact) mass is 419 g/mol. The number of aromatic nitrogens is 2. The van der Waals surface area contributed by atoms with E-state index in [4.69, 9.17) is 11.6 Å².